The first kappa shape index (κ1) is 22.2. The zero-order chi connectivity index (χ0) is 24.5. The molecule has 9 heteroatoms. The van der Waals surface area contributed by atoms with Crippen molar-refractivity contribution in [3.8, 4) is 11.4 Å². The van der Waals surface area contributed by atoms with Crippen molar-refractivity contribution < 1.29 is 9.53 Å². The van der Waals surface area contributed by atoms with Crippen molar-refractivity contribution in [3.05, 3.63) is 72.2 Å². The van der Waals surface area contributed by atoms with E-state index in [2.05, 4.69) is 14.9 Å². The fourth-order valence-electron chi connectivity index (χ4n) is 4.65. The van der Waals surface area contributed by atoms with Crippen LogP contribution in [-0.2, 0) is 11.3 Å². The molecule has 1 saturated carbocycles. The minimum Gasteiger partial charge on any atom is -0.445 e. The smallest absolute Gasteiger partial charge is 0.410 e. The van der Waals surface area contributed by atoms with E-state index in [1.54, 1.807) is 23.4 Å². The summed E-state index contributed by atoms with van der Waals surface area (Å²) in [7, 11) is 0. The van der Waals surface area contributed by atoms with Crippen LogP contribution in [0.2, 0.25) is 0 Å². The summed E-state index contributed by atoms with van der Waals surface area (Å²) in [6.07, 6.45) is 7.44. The molecule has 1 aliphatic heterocycles. The number of pyridine rings is 2. The summed E-state index contributed by atoms with van der Waals surface area (Å²) in [5.74, 6) is 2.39. The van der Waals surface area contributed by atoms with Crippen molar-refractivity contribution in [2.45, 2.75) is 25.4 Å². The van der Waals surface area contributed by atoms with Gasteiger partial charge < -0.3 is 20.3 Å². The van der Waals surface area contributed by atoms with Gasteiger partial charge in [0.05, 0.1) is 11.7 Å². The van der Waals surface area contributed by atoms with E-state index in [4.69, 9.17) is 20.4 Å². The van der Waals surface area contributed by atoms with E-state index in [-0.39, 0.29) is 12.7 Å². The summed E-state index contributed by atoms with van der Waals surface area (Å²) in [4.78, 5) is 35.1. The average Bonchev–Trinajstić information content (AvgIpc) is 3.77. The lowest BCUT2D eigenvalue weighted by atomic mass is 10.1. The number of nitrogens with two attached hydrogens (primary N) is 1. The molecule has 9 nitrogen and oxygen atoms in total. The van der Waals surface area contributed by atoms with Gasteiger partial charge in [0.2, 0.25) is 0 Å². The lowest BCUT2D eigenvalue weighted by Crippen LogP contribution is -2.49. The molecule has 1 amide bonds. The van der Waals surface area contributed by atoms with Gasteiger partial charge in [-0.3, -0.25) is 4.98 Å². The van der Waals surface area contributed by atoms with Crippen LogP contribution in [0.3, 0.4) is 0 Å². The van der Waals surface area contributed by atoms with E-state index < -0.39 is 0 Å². The standard InChI is InChI=1S/C27H27N7O2/c28-23-14-20(8-9-30-23)25-31-22-16-29-15-21(19-6-7-19)24(22)26(32-25)33-10-12-34(13-11-33)27(35)36-17-18-4-2-1-3-5-18/h1-5,8-9,14-16,19H,6-7,10-13,17H2,(H2,28,30). The Morgan fingerprint density at radius 2 is 1.83 bits per heavy atom. The van der Waals surface area contributed by atoms with Gasteiger partial charge in [0, 0.05) is 49.5 Å². The van der Waals surface area contributed by atoms with Gasteiger partial charge in [0.25, 0.3) is 0 Å². The number of anilines is 2. The van der Waals surface area contributed by atoms with E-state index in [0.29, 0.717) is 43.7 Å². The summed E-state index contributed by atoms with van der Waals surface area (Å²) in [6.45, 7) is 2.68. The molecule has 1 aliphatic carbocycles. The Kier molecular flexibility index (Phi) is 5.80. The van der Waals surface area contributed by atoms with E-state index in [0.717, 1.165) is 40.7 Å². The minimum absolute atomic E-state index is 0.270. The van der Waals surface area contributed by atoms with Crippen LogP contribution in [0.15, 0.2) is 61.1 Å². The summed E-state index contributed by atoms with van der Waals surface area (Å²) in [5.41, 5.74) is 9.73. The van der Waals surface area contributed by atoms with Gasteiger partial charge in [-0.1, -0.05) is 30.3 Å². The number of fused-ring (bicyclic) bond motifs is 1. The molecule has 0 spiro atoms. The van der Waals surface area contributed by atoms with Gasteiger partial charge in [0.1, 0.15) is 18.2 Å². The van der Waals surface area contributed by atoms with Gasteiger partial charge >= 0.3 is 6.09 Å². The summed E-state index contributed by atoms with van der Waals surface area (Å²) in [6, 6.07) is 13.4. The Morgan fingerprint density at radius 3 is 2.58 bits per heavy atom. The van der Waals surface area contributed by atoms with Gasteiger partial charge in [-0.2, -0.15) is 0 Å². The molecule has 3 aromatic heterocycles. The second-order valence-electron chi connectivity index (χ2n) is 9.25. The van der Waals surface area contributed by atoms with E-state index in [9.17, 15) is 4.79 Å². The summed E-state index contributed by atoms with van der Waals surface area (Å²) in [5, 5.41) is 1.05. The average molecular weight is 482 g/mol. The van der Waals surface area contributed by atoms with Crippen LogP contribution in [0, 0.1) is 0 Å². The highest BCUT2D eigenvalue weighted by Crippen LogP contribution is 2.44. The highest BCUT2D eigenvalue weighted by Gasteiger charge is 2.30. The molecule has 1 saturated heterocycles. The molecule has 2 aliphatic rings. The third-order valence-corrected chi connectivity index (χ3v) is 6.72. The zero-order valence-electron chi connectivity index (χ0n) is 19.9. The molecule has 4 aromatic rings. The van der Waals surface area contributed by atoms with Gasteiger partial charge in [0.15, 0.2) is 5.82 Å². The predicted molar refractivity (Wildman–Crippen MR) is 137 cm³/mol. The van der Waals surface area contributed by atoms with E-state index in [1.807, 2.05) is 42.6 Å². The topological polar surface area (TPSA) is 110 Å². The minimum atomic E-state index is -0.290. The summed E-state index contributed by atoms with van der Waals surface area (Å²) >= 11 is 0. The Morgan fingerprint density at radius 1 is 1.03 bits per heavy atom. The molecule has 36 heavy (non-hydrogen) atoms. The second-order valence-corrected chi connectivity index (χ2v) is 9.25. The Balaban J connectivity index is 1.26. The SMILES string of the molecule is Nc1cc(-c2nc(N3CCN(C(=O)OCc4ccccc4)CC3)c3c(C4CC4)cncc3n2)ccn1. The highest BCUT2D eigenvalue weighted by atomic mass is 16.6. The number of carbonyl (C=O) groups excluding carboxylic acids is 1. The molecule has 4 heterocycles. The largest absolute Gasteiger partial charge is 0.445 e. The van der Waals surface area contributed by atoms with Crippen LogP contribution in [-0.4, -0.2) is 57.1 Å². The molecule has 1 aromatic carbocycles. The molecule has 0 unspecified atom stereocenters. The first-order valence-corrected chi connectivity index (χ1v) is 12.2. The highest BCUT2D eigenvalue weighted by molar-refractivity contribution is 5.94. The maximum absolute atomic E-state index is 12.7. The van der Waals surface area contributed by atoms with Crippen LogP contribution < -0.4 is 10.6 Å². The van der Waals surface area contributed by atoms with Crippen LogP contribution in [0.25, 0.3) is 22.3 Å². The van der Waals surface area contributed by atoms with Crippen molar-refractivity contribution >= 4 is 28.6 Å². The van der Waals surface area contributed by atoms with Gasteiger partial charge in [-0.05, 0) is 42.0 Å². The molecular weight excluding hydrogens is 454 g/mol. The van der Waals surface area contributed by atoms with Crippen molar-refractivity contribution in [2.24, 2.45) is 0 Å². The second kappa shape index (κ2) is 9.41. The van der Waals surface area contributed by atoms with E-state index in [1.165, 1.54) is 5.56 Å². The number of nitrogen functional groups attached to an aromatic ring is 1. The first-order valence-electron chi connectivity index (χ1n) is 12.2. The lowest BCUT2D eigenvalue weighted by molar-refractivity contribution is 0.0941. The molecular formula is C27H27N7O2. The van der Waals surface area contributed by atoms with Crippen molar-refractivity contribution in [3.63, 3.8) is 0 Å². The third-order valence-electron chi connectivity index (χ3n) is 6.72. The van der Waals surface area contributed by atoms with Crippen molar-refractivity contribution in [1.82, 2.24) is 24.8 Å². The number of carbonyl (C=O) groups is 1. The Bertz CT molecular complexity index is 1400. The Hall–Kier alpha value is -4.27. The number of nitrogens with zero attached hydrogens (tertiary/aromatic N) is 6. The maximum Gasteiger partial charge on any atom is 0.410 e. The first-order chi connectivity index (χ1) is 17.7. The monoisotopic (exact) mass is 481 g/mol. The number of piperazine rings is 1. The number of hydrogen-bond donors (Lipinski definition) is 1. The third kappa shape index (κ3) is 4.51. The number of benzene rings is 1. The van der Waals surface area contributed by atoms with E-state index >= 15 is 0 Å². The molecule has 0 atom stereocenters. The number of ether oxygens (including phenoxy) is 1. The number of amides is 1. The maximum atomic E-state index is 12.7. The molecule has 6 rings (SSSR count). The number of rotatable bonds is 5. The van der Waals surface area contributed by atoms with Crippen LogP contribution >= 0.6 is 0 Å². The van der Waals surface area contributed by atoms with Gasteiger partial charge in [-0.15, -0.1) is 0 Å². The fraction of sp³-hybridized carbons (Fsp3) is 0.296. The molecule has 0 radical (unpaired) electrons. The zero-order valence-corrected chi connectivity index (χ0v) is 19.9. The number of aromatic nitrogens is 4. The van der Waals surface area contributed by atoms with Crippen LogP contribution in [0.1, 0.15) is 29.9 Å². The Labute approximate surface area is 209 Å². The summed E-state index contributed by atoms with van der Waals surface area (Å²) < 4.78 is 5.54. The molecule has 2 N–H and O–H groups in total. The number of hydrogen-bond acceptors (Lipinski definition) is 8. The van der Waals surface area contributed by atoms with Crippen molar-refractivity contribution in [2.75, 3.05) is 36.8 Å². The van der Waals surface area contributed by atoms with Crippen molar-refractivity contribution in [1.29, 1.82) is 0 Å². The predicted octanol–water partition coefficient (Wildman–Crippen LogP) is 4.01. The van der Waals surface area contributed by atoms with Crippen LogP contribution in [0.4, 0.5) is 16.4 Å². The van der Waals surface area contributed by atoms with Crippen LogP contribution in [0.5, 0.6) is 0 Å². The molecule has 182 valence electrons. The normalized spacial score (nSPS) is 15.8. The molecule has 2 fully saturated rings. The quantitative estimate of drug-likeness (QED) is 0.455. The van der Waals surface area contributed by atoms with Gasteiger partial charge in [-0.25, -0.2) is 19.7 Å². The lowest BCUT2D eigenvalue weighted by Gasteiger charge is -2.35. The molecule has 0 bridgehead atoms. The fourth-order valence-corrected chi connectivity index (χ4v) is 4.65.